The van der Waals surface area contributed by atoms with Gasteiger partial charge in [0.2, 0.25) is 5.95 Å². The van der Waals surface area contributed by atoms with Gasteiger partial charge >= 0.3 is 6.18 Å². The van der Waals surface area contributed by atoms with Gasteiger partial charge in [-0.1, -0.05) is 55.8 Å². The Bertz CT molecular complexity index is 1780. The van der Waals surface area contributed by atoms with Gasteiger partial charge in [0, 0.05) is 28.0 Å². The molecule has 0 saturated carbocycles. The van der Waals surface area contributed by atoms with Crippen LogP contribution in [0.5, 0.6) is 11.5 Å². The van der Waals surface area contributed by atoms with E-state index in [0.717, 1.165) is 34.4 Å². The van der Waals surface area contributed by atoms with Gasteiger partial charge in [-0.25, -0.2) is 9.97 Å². The van der Waals surface area contributed by atoms with Crippen molar-refractivity contribution in [2.75, 3.05) is 5.32 Å². The number of phenols is 2. The van der Waals surface area contributed by atoms with Gasteiger partial charge in [-0.2, -0.15) is 13.2 Å². The summed E-state index contributed by atoms with van der Waals surface area (Å²) in [6.07, 6.45) is 0.854. The molecule has 1 aromatic heterocycles. The van der Waals surface area contributed by atoms with Gasteiger partial charge in [-0.3, -0.25) is 0 Å². The smallest absolute Gasteiger partial charge is 0.416 e. The first-order valence-corrected chi connectivity index (χ1v) is 13.8. The molecule has 0 spiro atoms. The van der Waals surface area contributed by atoms with Crippen LogP contribution in [0.15, 0.2) is 91.1 Å². The predicted molar refractivity (Wildman–Crippen MR) is 165 cm³/mol. The number of rotatable bonds is 7. The number of halogens is 4. The number of phenolic OH excluding ortho intramolecular Hbond substituents is 2. The van der Waals surface area contributed by atoms with Crippen molar-refractivity contribution in [2.45, 2.75) is 25.9 Å². The molecule has 218 valence electrons. The fourth-order valence-corrected chi connectivity index (χ4v) is 4.94. The molecule has 0 unspecified atom stereocenters. The lowest BCUT2D eigenvalue weighted by atomic mass is 9.98. The normalized spacial score (nSPS) is 11.8. The molecule has 0 atom stereocenters. The molecule has 4 aromatic carbocycles. The summed E-state index contributed by atoms with van der Waals surface area (Å²) >= 11 is 6.50. The van der Waals surface area contributed by atoms with E-state index in [0.29, 0.717) is 27.5 Å². The number of hydrogen-bond donors (Lipinski definition) is 3. The monoisotopic (exact) mass is 601 g/mol. The Morgan fingerprint density at radius 3 is 2.14 bits per heavy atom. The molecule has 0 fully saturated rings. The molecule has 0 saturated heterocycles. The molecule has 43 heavy (non-hydrogen) atoms. The SMILES string of the molecule is CC(C)c1c(O)cc(/C=C/c2cccc(-c3cc(Cl)cc(-c4ccnc(Nc5ccc(C(F)(F)F)cc5)n4)c3)c2)cc1O. The largest absolute Gasteiger partial charge is 0.507 e. The Labute approximate surface area is 252 Å². The molecule has 5 nitrogen and oxygen atoms in total. The van der Waals surface area contributed by atoms with Crippen LogP contribution < -0.4 is 5.32 Å². The zero-order valence-corrected chi connectivity index (χ0v) is 23.9. The van der Waals surface area contributed by atoms with Crippen molar-refractivity contribution in [2.24, 2.45) is 0 Å². The molecular weight excluding hydrogens is 575 g/mol. The summed E-state index contributed by atoms with van der Waals surface area (Å²) in [5.41, 5.74) is 4.83. The molecule has 0 aliphatic carbocycles. The fraction of sp³-hybridized carbons (Fsp3) is 0.118. The van der Waals surface area contributed by atoms with E-state index < -0.39 is 11.7 Å². The Kier molecular flexibility index (Phi) is 8.41. The van der Waals surface area contributed by atoms with Crippen molar-refractivity contribution in [3.63, 3.8) is 0 Å². The third-order valence-corrected chi connectivity index (χ3v) is 6.96. The topological polar surface area (TPSA) is 78.3 Å². The van der Waals surface area contributed by atoms with Crippen molar-refractivity contribution in [3.05, 3.63) is 118 Å². The molecule has 5 aromatic rings. The van der Waals surface area contributed by atoms with E-state index in [1.807, 2.05) is 62.4 Å². The number of aromatic hydroxyl groups is 2. The second kappa shape index (κ2) is 12.2. The van der Waals surface area contributed by atoms with Crippen molar-refractivity contribution in [1.29, 1.82) is 0 Å². The van der Waals surface area contributed by atoms with Gasteiger partial charge < -0.3 is 15.5 Å². The number of anilines is 2. The van der Waals surface area contributed by atoms with Crippen LogP contribution in [0.2, 0.25) is 5.02 Å². The van der Waals surface area contributed by atoms with E-state index >= 15 is 0 Å². The lowest BCUT2D eigenvalue weighted by Gasteiger charge is -2.11. The highest BCUT2D eigenvalue weighted by Gasteiger charge is 2.30. The lowest BCUT2D eigenvalue weighted by molar-refractivity contribution is -0.137. The number of hydrogen-bond acceptors (Lipinski definition) is 5. The number of aromatic nitrogens is 2. The highest BCUT2D eigenvalue weighted by atomic mass is 35.5. The quantitative estimate of drug-likeness (QED) is 0.162. The van der Waals surface area contributed by atoms with E-state index in [1.54, 1.807) is 30.5 Å². The van der Waals surface area contributed by atoms with E-state index in [2.05, 4.69) is 15.3 Å². The molecule has 9 heteroatoms. The summed E-state index contributed by atoms with van der Waals surface area (Å²) in [5.74, 6) is 0.320. The van der Waals surface area contributed by atoms with Crippen LogP contribution in [0.4, 0.5) is 24.8 Å². The van der Waals surface area contributed by atoms with Crippen LogP contribution in [0, 0.1) is 0 Å². The van der Waals surface area contributed by atoms with Crippen LogP contribution in [-0.4, -0.2) is 20.2 Å². The molecule has 0 bridgehead atoms. The average molecular weight is 602 g/mol. The minimum atomic E-state index is -4.41. The Morgan fingerprint density at radius 1 is 0.791 bits per heavy atom. The summed E-state index contributed by atoms with van der Waals surface area (Å²) < 4.78 is 38.7. The molecule has 0 radical (unpaired) electrons. The average Bonchev–Trinajstić information content (AvgIpc) is 2.95. The van der Waals surface area contributed by atoms with Gasteiger partial charge in [-0.05, 0) is 94.9 Å². The van der Waals surface area contributed by atoms with E-state index in [1.165, 1.54) is 12.1 Å². The van der Waals surface area contributed by atoms with E-state index in [9.17, 15) is 23.4 Å². The maximum absolute atomic E-state index is 12.9. The second-order valence-corrected chi connectivity index (χ2v) is 10.7. The number of alkyl halides is 3. The maximum Gasteiger partial charge on any atom is 0.416 e. The highest BCUT2D eigenvalue weighted by molar-refractivity contribution is 6.31. The third kappa shape index (κ3) is 7.16. The zero-order chi connectivity index (χ0) is 30.7. The number of nitrogens with one attached hydrogen (secondary N) is 1. The van der Waals surface area contributed by atoms with Crippen LogP contribution >= 0.6 is 11.6 Å². The van der Waals surface area contributed by atoms with Gasteiger partial charge in [0.1, 0.15) is 11.5 Å². The number of nitrogens with zero attached hydrogens (tertiary/aromatic N) is 2. The number of benzene rings is 4. The maximum atomic E-state index is 12.9. The van der Waals surface area contributed by atoms with E-state index in [-0.39, 0.29) is 23.4 Å². The third-order valence-electron chi connectivity index (χ3n) is 6.74. The van der Waals surface area contributed by atoms with E-state index in [4.69, 9.17) is 11.6 Å². The first-order valence-electron chi connectivity index (χ1n) is 13.4. The van der Waals surface area contributed by atoms with Gasteiger partial charge in [0.15, 0.2) is 0 Å². The van der Waals surface area contributed by atoms with Crippen LogP contribution in [0.1, 0.15) is 42.0 Å². The molecule has 0 aliphatic heterocycles. The minimum Gasteiger partial charge on any atom is -0.507 e. The summed E-state index contributed by atoms with van der Waals surface area (Å²) in [7, 11) is 0. The fourth-order valence-electron chi connectivity index (χ4n) is 4.70. The van der Waals surface area contributed by atoms with Crippen LogP contribution in [0.3, 0.4) is 0 Å². The summed E-state index contributed by atoms with van der Waals surface area (Å²) in [4.78, 5) is 8.74. The van der Waals surface area contributed by atoms with Crippen molar-refractivity contribution >= 4 is 35.4 Å². The Balaban J connectivity index is 1.38. The zero-order valence-electron chi connectivity index (χ0n) is 23.2. The second-order valence-electron chi connectivity index (χ2n) is 10.3. The highest BCUT2D eigenvalue weighted by Crippen LogP contribution is 2.36. The predicted octanol–water partition coefficient (Wildman–Crippen LogP) is 9.93. The minimum absolute atomic E-state index is 0.0125. The molecule has 3 N–H and O–H groups in total. The molecule has 0 amide bonds. The summed E-state index contributed by atoms with van der Waals surface area (Å²) in [6.45, 7) is 3.81. The lowest BCUT2D eigenvalue weighted by Crippen LogP contribution is -2.04. The van der Waals surface area contributed by atoms with Crippen molar-refractivity contribution in [1.82, 2.24) is 9.97 Å². The van der Waals surface area contributed by atoms with Gasteiger partial charge in [-0.15, -0.1) is 0 Å². The van der Waals surface area contributed by atoms with Gasteiger partial charge in [0.25, 0.3) is 0 Å². The van der Waals surface area contributed by atoms with Crippen molar-refractivity contribution in [3.8, 4) is 33.9 Å². The summed E-state index contributed by atoms with van der Waals surface area (Å²) in [5, 5.41) is 24.1. The molecule has 5 rings (SSSR count). The van der Waals surface area contributed by atoms with Crippen molar-refractivity contribution < 1.29 is 23.4 Å². The first-order chi connectivity index (χ1) is 20.5. The molecule has 1 heterocycles. The molecule has 0 aliphatic rings. The first kappa shape index (κ1) is 29.7. The Morgan fingerprint density at radius 2 is 1.47 bits per heavy atom. The molecular formula is C34H27ClF3N3O2. The standard InChI is InChI=1S/C34H27ClF3N3O2/c1-20(2)32-30(42)15-22(16-31(32)43)7-6-21-4-3-5-23(14-21)24-17-25(19-27(35)18-24)29-12-13-39-33(41-29)40-28-10-8-26(9-11-28)34(36,37)38/h3-20,42-43H,1-2H3,(H,39,40,41)/b7-6+. The van der Waals surface area contributed by atoms with Crippen LogP contribution in [-0.2, 0) is 6.18 Å². The van der Waals surface area contributed by atoms with Crippen LogP contribution in [0.25, 0.3) is 34.5 Å². The van der Waals surface area contributed by atoms with Gasteiger partial charge in [0.05, 0.1) is 11.3 Å². The summed E-state index contributed by atoms with van der Waals surface area (Å²) in [6, 6.07) is 23.0. The Hall–Kier alpha value is -4.82.